The van der Waals surface area contributed by atoms with Crippen LogP contribution in [-0.2, 0) is 17.6 Å². The molecule has 0 aromatic carbocycles. The molecule has 17 heavy (non-hydrogen) atoms. The number of oxazole rings is 1. The average molecular weight is 235 g/mol. The summed E-state index contributed by atoms with van der Waals surface area (Å²) < 4.78 is 5.80. The van der Waals surface area contributed by atoms with Gasteiger partial charge in [-0.2, -0.15) is 0 Å². The molecule has 1 aromatic rings. The third-order valence-electron chi connectivity index (χ3n) is 4.01. The molecule has 4 heteroatoms. The van der Waals surface area contributed by atoms with Crippen LogP contribution in [0.2, 0.25) is 0 Å². The second kappa shape index (κ2) is 4.17. The minimum absolute atomic E-state index is 0.285. The monoisotopic (exact) mass is 235 g/mol. The number of hydrogen-bond donors (Lipinski definition) is 1. The zero-order chi connectivity index (χ0) is 11.8. The minimum atomic E-state index is -0.713. The van der Waals surface area contributed by atoms with Crippen molar-refractivity contribution in [3.8, 4) is 0 Å². The molecular formula is C13H17NO3. The molecule has 1 fully saturated rings. The molecule has 0 radical (unpaired) electrons. The Hall–Kier alpha value is -1.32. The van der Waals surface area contributed by atoms with E-state index in [0.29, 0.717) is 18.8 Å². The van der Waals surface area contributed by atoms with Crippen LogP contribution in [0.25, 0.3) is 0 Å². The molecule has 0 aliphatic heterocycles. The summed E-state index contributed by atoms with van der Waals surface area (Å²) in [5.74, 6) is 1.16. The Morgan fingerprint density at radius 2 is 2.06 bits per heavy atom. The number of aromatic nitrogens is 1. The van der Waals surface area contributed by atoms with Gasteiger partial charge in [-0.3, -0.25) is 4.79 Å². The molecule has 92 valence electrons. The molecule has 2 aliphatic rings. The Balaban J connectivity index is 1.81. The molecule has 1 atom stereocenters. The number of nitrogens with zero attached hydrogens (tertiary/aromatic N) is 1. The minimum Gasteiger partial charge on any atom is -0.481 e. The number of hydrogen-bond acceptors (Lipinski definition) is 3. The van der Waals surface area contributed by atoms with Gasteiger partial charge in [-0.25, -0.2) is 4.98 Å². The quantitative estimate of drug-likeness (QED) is 0.855. The van der Waals surface area contributed by atoms with E-state index < -0.39 is 5.97 Å². The molecule has 0 saturated heterocycles. The highest BCUT2D eigenvalue weighted by Gasteiger charge is 2.30. The molecular weight excluding hydrogens is 218 g/mol. The van der Waals surface area contributed by atoms with Crippen LogP contribution >= 0.6 is 0 Å². The Morgan fingerprint density at radius 3 is 2.76 bits per heavy atom. The Kier molecular flexibility index (Phi) is 2.65. The highest BCUT2D eigenvalue weighted by molar-refractivity contribution is 5.70. The van der Waals surface area contributed by atoms with Crippen molar-refractivity contribution in [1.82, 2.24) is 4.98 Å². The van der Waals surface area contributed by atoms with Gasteiger partial charge >= 0.3 is 5.97 Å². The maximum atomic E-state index is 11.0. The summed E-state index contributed by atoms with van der Waals surface area (Å²) in [5, 5.41) is 9.02. The molecule has 1 unspecified atom stereocenters. The summed E-state index contributed by atoms with van der Waals surface area (Å²) in [6.07, 6.45) is 6.82. The first-order chi connectivity index (χ1) is 8.24. The van der Waals surface area contributed by atoms with Crippen LogP contribution in [0.3, 0.4) is 0 Å². The van der Waals surface area contributed by atoms with Crippen LogP contribution in [0.1, 0.15) is 55.4 Å². The lowest BCUT2D eigenvalue weighted by molar-refractivity contribution is -0.142. The van der Waals surface area contributed by atoms with Gasteiger partial charge in [0.2, 0.25) is 0 Å². The second-order valence-corrected chi connectivity index (χ2v) is 5.18. The SMILES string of the molecule is O=C(O)C1CCc2nc(C3CCCC3)oc2C1. The summed E-state index contributed by atoms with van der Waals surface area (Å²) in [4.78, 5) is 15.5. The lowest BCUT2D eigenvalue weighted by Crippen LogP contribution is -2.21. The second-order valence-electron chi connectivity index (χ2n) is 5.18. The van der Waals surface area contributed by atoms with E-state index in [-0.39, 0.29) is 5.92 Å². The van der Waals surface area contributed by atoms with Gasteiger partial charge in [0.15, 0.2) is 5.89 Å². The van der Waals surface area contributed by atoms with Gasteiger partial charge in [0.1, 0.15) is 5.76 Å². The normalized spacial score (nSPS) is 24.8. The number of carboxylic acid groups (broad SMARTS) is 1. The van der Waals surface area contributed by atoms with Crippen molar-refractivity contribution in [3.05, 3.63) is 17.3 Å². The van der Waals surface area contributed by atoms with Crippen LogP contribution in [0.5, 0.6) is 0 Å². The lowest BCUT2D eigenvalue weighted by Gasteiger charge is -2.15. The van der Waals surface area contributed by atoms with Crippen molar-refractivity contribution >= 4 is 5.97 Å². The number of carboxylic acids is 1. The zero-order valence-electron chi connectivity index (χ0n) is 9.82. The number of fused-ring (bicyclic) bond motifs is 1. The van der Waals surface area contributed by atoms with Crippen molar-refractivity contribution in [2.45, 2.75) is 50.9 Å². The van der Waals surface area contributed by atoms with Gasteiger partial charge in [0.25, 0.3) is 0 Å². The van der Waals surface area contributed by atoms with Gasteiger partial charge < -0.3 is 9.52 Å². The topological polar surface area (TPSA) is 63.3 Å². The number of aliphatic carboxylic acids is 1. The predicted octanol–water partition coefficient (Wildman–Crippen LogP) is 2.52. The largest absolute Gasteiger partial charge is 0.481 e. The zero-order valence-corrected chi connectivity index (χ0v) is 9.82. The van der Waals surface area contributed by atoms with E-state index in [0.717, 1.165) is 23.8 Å². The molecule has 3 rings (SSSR count). The third-order valence-corrected chi connectivity index (χ3v) is 4.01. The molecule has 4 nitrogen and oxygen atoms in total. The lowest BCUT2D eigenvalue weighted by atomic mass is 9.91. The van der Waals surface area contributed by atoms with Crippen molar-refractivity contribution in [2.24, 2.45) is 5.92 Å². The number of carbonyl (C=O) groups is 1. The van der Waals surface area contributed by atoms with Crippen molar-refractivity contribution in [1.29, 1.82) is 0 Å². The molecule has 2 aliphatic carbocycles. The van der Waals surface area contributed by atoms with Crippen molar-refractivity contribution in [3.63, 3.8) is 0 Å². The standard InChI is InChI=1S/C13H17NO3/c15-13(16)9-5-6-10-11(7-9)17-12(14-10)8-3-1-2-4-8/h8-9H,1-7H2,(H,15,16). The van der Waals surface area contributed by atoms with E-state index in [9.17, 15) is 4.79 Å². The molecule has 1 N–H and O–H groups in total. The van der Waals surface area contributed by atoms with E-state index in [2.05, 4.69) is 4.98 Å². The molecule has 1 heterocycles. The third kappa shape index (κ3) is 1.96. The first-order valence-electron chi connectivity index (χ1n) is 6.45. The fourth-order valence-corrected chi connectivity index (χ4v) is 2.95. The fraction of sp³-hybridized carbons (Fsp3) is 0.692. The van der Waals surface area contributed by atoms with E-state index in [4.69, 9.17) is 9.52 Å². The first-order valence-corrected chi connectivity index (χ1v) is 6.45. The van der Waals surface area contributed by atoms with E-state index in [1.165, 1.54) is 25.7 Å². The van der Waals surface area contributed by atoms with Crippen molar-refractivity contribution in [2.75, 3.05) is 0 Å². The molecule has 1 aromatic heterocycles. The summed E-state index contributed by atoms with van der Waals surface area (Å²) in [6, 6.07) is 0. The highest BCUT2D eigenvalue weighted by atomic mass is 16.4. The summed E-state index contributed by atoms with van der Waals surface area (Å²) in [6.45, 7) is 0. The Labute approximate surface area is 100 Å². The fourth-order valence-electron chi connectivity index (χ4n) is 2.95. The molecule has 0 bridgehead atoms. The van der Waals surface area contributed by atoms with Crippen molar-refractivity contribution < 1.29 is 14.3 Å². The van der Waals surface area contributed by atoms with Gasteiger partial charge in [0, 0.05) is 12.3 Å². The van der Waals surface area contributed by atoms with Gasteiger partial charge in [0.05, 0.1) is 11.6 Å². The summed E-state index contributed by atoms with van der Waals surface area (Å²) in [5.41, 5.74) is 1.00. The smallest absolute Gasteiger partial charge is 0.306 e. The van der Waals surface area contributed by atoms with E-state index in [1.54, 1.807) is 0 Å². The van der Waals surface area contributed by atoms with Gasteiger partial charge in [-0.1, -0.05) is 12.8 Å². The van der Waals surface area contributed by atoms with Gasteiger partial charge in [-0.05, 0) is 25.7 Å². The molecule has 1 saturated carbocycles. The van der Waals surface area contributed by atoms with Crippen LogP contribution in [0, 0.1) is 5.92 Å². The summed E-state index contributed by atoms with van der Waals surface area (Å²) in [7, 11) is 0. The predicted molar refractivity (Wildman–Crippen MR) is 60.9 cm³/mol. The molecule has 0 spiro atoms. The van der Waals surface area contributed by atoms with Crippen LogP contribution in [-0.4, -0.2) is 16.1 Å². The Bertz CT molecular complexity index is 432. The van der Waals surface area contributed by atoms with E-state index in [1.807, 2.05) is 0 Å². The Morgan fingerprint density at radius 1 is 1.29 bits per heavy atom. The maximum absolute atomic E-state index is 11.0. The maximum Gasteiger partial charge on any atom is 0.306 e. The number of aryl methyl sites for hydroxylation is 1. The first kappa shape index (κ1) is 10.8. The number of rotatable bonds is 2. The van der Waals surface area contributed by atoms with E-state index >= 15 is 0 Å². The highest BCUT2D eigenvalue weighted by Crippen LogP contribution is 2.36. The van der Waals surface area contributed by atoms with Crippen LogP contribution in [0.4, 0.5) is 0 Å². The average Bonchev–Trinajstić information content (AvgIpc) is 2.96. The van der Waals surface area contributed by atoms with Crippen LogP contribution in [0.15, 0.2) is 4.42 Å². The van der Waals surface area contributed by atoms with Gasteiger partial charge in [-0.15, -0.1) is 0 Å². The molecule has 0 amide bonds. The summed E-state index contributed by atoms with van der Waals surface area (Å²) >= 11 is 0. The van der Waals surface area contributed by atoms with Crippen LogP contribution < -0.4 is 0 Å².